The van der Waals surface area contributed by atoms with E-state index < -0.39 is 15.9 Å². The predicted octanol–water partition coefficient (Wildman–Crippen LogP) is 1.92. The van der Waals surface area contributed by atoms with Crippen molar-refractivity contribution in [3.63, 3.8) is 0 Å². The third-order valence-corrected chi connectivity index (χ3v) is 9.17. The van der Waals surface area contributed by atoms with E-state index in [9.17, 15) is 18.0 Å². The third kappa shape index (κ3) is 4.73. The van der Waals surface area contributed by atoms with E-state index in [1.165, 1.54) is 15.6 Å². The molecule has 0 radical (unpaired) electrons. The zero-order valence-corrected chi connectivity index (χ0v) is 19.7. The Morgan fingerprint density at radius 3 is 2.50 bits per heavy atom. The van der Waals surface area contributed by atoms with Crippen LogP contribution in [-0.4, -0.2) is 62.2 Å². The van der Waals surface area contributed by atoms with Gasteiger partial charge in [0.05, 0.1) is 17.0 Å². The van der Waals surface area contributed by atoms with Crippen LogP contribution in [0.4, 0.5) is 5.00 Å². The molecule has 10 heteroatoms. The fourth-order valence-electron chi connectivity index (χ4n) is 4.34. The molecule has 1 fully saturated rings. The zero-order valence-electron chi connectivity index (χ0n) is 18.0. The van der Waals surface area contributed by atoms with Crippen LogP contribution in [0.3, 0.4) is 0 Å². The molecule has 1 aromatic heterocycles. The number of nitrogens with zero attached hydrogens (tertiary/aromatic N) is 2. The molecule has 1 saturated heterocycles. The molecule has 1 unspecified atom stereocenters. The van der Waals surface area contributed by atoms with E-state index in [0.29, 0.717) is 42.7 Å². The normalized spacial score (nSPS) is 20.0. The summed E-state index contributed by atoms with van der Waals surface area (Å²) in [7, 11) is -3.53. The Hall–Kier alpha value is -2.27. The largest absolute Gasteiger partial charge is 0.365 e. The second-order valence-corrected chi connectivity index (χ2v) is 11.5. The Morgan fingerprint density at radius 2 is 1.84 bits per heavy atom. The number of nitrogens with two attached hydrogens (primary N) is 1. The molecule has 2 aromatic rings. The van der Waals surface area contributed by atoms with Crippen LogP contribution < -0.4 is 11.1 Å². The number of anilines is 1. The first-order valence-electron chi connectivity index (χ1n) is 10.8. The highest BCUT2D eigenvalue weighted by Gasteiger charge is 2.30. The fraction of sp³-hybridized carbons (Fsp3) is 0.455. The van der Waals surface area contributed by atoms with E-state index in [1.807, 2.05) is 4.90 Å². The molecular weight excluding hydrogens is 448 g/mol. The highest BCUT2D eigenvalue weighted by molar-refractivity contribution is 7.89. The third-order valence-electron chi connectivity index (χ3n) is 6.09. The summed E-state index contributed by atoms with van der Waals surface area (Å²) >= 11 is 1.45. The van der Waals surface area contributed by atoms with Crippen LogP contribution in [0.25, 0.3) is 0 Å². The van der Waals surface area contributed by atoms with Gasteiger partial charge in [0.1, 0.15) is 5.00 Å². The molecule has 1 atom stereocenters. The second-order valence-electron chi connectivity index (χ2n) is 8.46. The van der Waals surface area contributed by atoms with E-state index in [4.69, 9.17) is 5.73 Å². The molecule has 1 aliphatic heterocycles. The number of thiophene rings is 1. The van der Waals surface area contributed by atoms with Crippen LogP contribution in [0.15, 0.2) is 35.2 Å². The summed E-state index contributed by atoms with van der Waals surface area (Å²) in [5.41, 5.74) is 7.06. The van der Waals surface area contributed by atoms with Gasteiger partial charge in [0.15, 0.2) is 0 Å². The van der Waals surface area contributed by atoms with Crippen molar-refractivity contribution in [3.8, 4) is 0 Å². The predicted molar refractivity (Wildman–Crippen MR) is 124 cm³/mol. The van der Waals surface area contributed by atoms with Crippen LogP contribution in [0, 0.1) is 5.92 Å². The molecule has 4 rings (SSSR count). The van der Waals surface area contributed by atoms with Crippen molar-refractivity contribution in [3.05, 3.63) is 46.3 Å². The van der Waals surface area contributed by atoms with Gasteiger partial charge in [-0.25, -0.2) is 8.42 Å². The van der Waals surface area contributed by atoms with Crippen molar-refractivity contribution in [1.82, 2.24) is 9.21 Å². The number of benzene rings is 1. The van der Waals surface area contributed by atoms with E-state index in [-0.39, 0.29) is 17.3 Å². The van der Waals surface area contributed by atoms with E-state index in [0.717, 1.165) is 29.7 Å². The van der Waals surface area contributed by atoms with Crippen molar-refractivity contribution in [2.45, 2.75) is 31.1 Å². The molecule has 2 heterocycles. The number of hydrogen-bond acceptors (Lipinski definition) is 6. The summed E-state index contributed by atoms with van der Waals surface area (Å²) in [4.78, 5) is 28.1. The lowest BCUT2D eigenvalue weighted by atomic mass is 9.88. The SMILES string of the molecule is CC1CCc2c(sc(NC(=O)CN3CCN(S(=O)(=O)c4ccccc4)CC3)c2C(N)=O)C1. The summed E-state index contributed by atoms with van der Waals surface area (Å²) in [6.07, 6.45) is 2.71. The molecule has 2 amide bonds. The molecular formula is C22H28N4O4S2. The minimum atomic E-state index is -3.53. The smallest absolute Gasteiger partial charge is 0.251 e. The lowest BCUT2D eigenvalue weighted by molar-refractivity contribution is -0.117. The Labute approximate surface area is 192 Å². The van der Waals surface area contributed by atoms with Crippen LogP contribution >= 0.6 is 11.3 Å². The summed E-state index contributed by atoms with van der Waals surface area (Å²) < 4.78 is 27.0. The average molecular weight is 477 g/mol. The minimum Gasteiger partial charge on any atom is -0.365 e. The molecule has 0 spiro atoms. The van der Waals surface area contributed by atoms with Crippen LogP contribution in [0.5, 0.6) is 0 Å². The topological polar surface area (TPSA) is 113 Å². The number of carbonyl (C=O) groups is 2. The summed E-state index contributed by atoms with van der Waals surface area (Å²) in [5.74, 6) is -0.181. The van der Waals surface area contributed by atoms with Crippen molar-refractivity contribution >= 4 is 38.2 Å². The number of sulfonamides is 1. The first-order chi connectivity index (χ1) is 15.3. The number of fused-ring (bicyclic) bond motifs is 1. The number of primary amides is 1. The molecule has 8 nitrogen and oxygen atoms in total. The standard InChI is InChI=1S/C22H28N4O4S2/c1-15-7-8-17-18(13-15)31-22(20(17)21(23)28)24-19(27)14-25-9-11-26(12-10-25)32(29,30)16-5-3-2-4-6-16/h2-6,15H,7-14H2,1H3,(H2,23,28)(H,24,27). The Bertz CT molecular complexity index is 1110. The first kappa shape index (κ1) is 22.9. The number of piperazine rings is 1. The van der Waals surface area contributed by atoms with Gasteiger partial charge < -0.3 is 11.1 Å². The molecule has 0 bridgehead atoms. The monoisotopic (exact) mass is 476 g/mol. The van der Waals surface area contributed by atoms with Crippen LogP contribution in [-0.2, 0) is 27.7 Å². The minimum absolute atomic E-state index is 0.135. The van der Waals surface area contributed by atoms with Crippen molar-refractivity contribution in [2.24, 2.45) is 11.7 Å². The van der Waals surface area contributed by atoms with Gasteiger partial charge in [-0.05, 0) is 42.9 Å². The fourth-order valence-corrected chi connectivity index (χ4v) is 7.21. The van der Waals surface area contributed by atoms with Crippen molar-refractivity contribution < 1.29 is 18.0 Å². The number of carbonyl (C=O) groups excluding carboxylic acids is 2. The van der Waals surface area contributed by atoms with Gasteiger partial charge in [-0.3, -0.25) is 14.5 Å². The van der Waals surface area contributed by atoms with Gasteiger partial charge in [-0.15, -0.1) is 11.3 Å². The molecule has 3 N–H and O–H groups in total. The van der Waals surface area contributed by atoms with Gasteiger partial charge >= 0.3 is 0 Å². The number of nitrogens with one attached hydrogen (secondary N) is 1. The summed E-state index contributed by atoms with van der Waals surface area (Å²) in [5, 5.41) is 3.42. The highest BCUT2D eigenvalue weighted by Crippen LogP contribution is 2.39. The number of rotatable bonds is 6. The lowest BCUT2D eigenvalue weighted by Crippen LogP contribution is -2.50. The maximum absolute atomic E-state index is 12.8. The zero-order chi connectivity index (χ0) is 22.9. The molecule has 0 saturated carbocycles. The Kier molecular flexibility index (Phi) is 6.66. The molecule has 32 heavy (non-hydrogen) atoms. The van der Waals surface area contributed by atoms with Gasteiger partial charge in [-0.2, -0.15) is 4.31 Å². The Morgan fingerprint density at radius 1 is 1.16 bits per heavy atom. The van der Waals surface area contributed by atoms with E-state index in [1.54, 1.807) is 30.3 Å². The van der Waals surface area contributed by atoms with Crippen molar-refractivity contribution in [2.75, 3.05) is 38.0 Å². The number of hydrogen-bond donors (Lipinski definition) is 2. The molecule has 172 valence electrons. The van der Waals surface area contributed by atoms with Crippen LogP contribution in [0.1, 0.15) is 34.1 Å². The van der Waals surface area contributed by atoms with Crippen LogP contribution in [0.2, 0.25) is 0 Å². The molecule has 2 aliphatic rings. The number of amides is 2. The highest BCUT2D eigenvalue weighted by atomic mass is 32.2. The molecule has 1 aliphatic carbocycles. The average Bonchev–Trinajstić information content (AvgIpc) is 3.11. The maximum atomic E-state index is 12.8. The van der Waals surface area contributed by atoms with Crippen molar-refractivity contribution in [1.29, 1.82) is 0 Å². The summed E-state index contributed by atoms with van der Waals surface area (Å²) in [6, 6.07) is 8.37. The van der Waals surface area contributed by atoms with Gasteiger partial charge in [-0.1, -0.05) is 25.1 Å². The van der Waals surface area contributed by atoms with Gasteiger partial charge in [0.25, 0.3) is 5.91 Å². The van der Waals surface area contributed by atoms with Gasteiger partial charge in [0, 0.05) is 31.1 Å². The molecule has 1 aromatic carbocycles. The second kappa shape index (κ2) is 9.30. The maximum Gasteiger partial charge on any atom is 0.251 e. The Balaban J connectivity index is 1.37. The quantitative estimate of drug-likeness (QED) is 0.661. The lowest BCUT2D eigenvalue weighted by Gasteiger charge is -2.33. The summed E-state index contributed by atoms with van der Waals surface area (Å²) in [6.45, 7) is 3.88. The van der Waals surface area contributed by atoms with Gasteiger partial charge in [0.2, 0.25) is 15.9 Å². The first-order valence-corrected chi connectivity index (χ1v) is 13.0. The van der Waals surface area contributed by atoms with E-state index in [2.05, 4.69) is 12.2 Å². The van der Waals surface area contributed by atoms with E-state index >= 15 is 0 Å².